The highest BCUT2D eigenvalue weighted by molar-refractivity contribution is 7.85. The van der Waals surface area contributed by atoms with E-state index in [1.54, 1.807) is 0 Å². The molecule has 5 heteroatoms. The van der Waals surface area contributed by atoms with Gasteiger partial charge in [-0.2, -0.15) is 0 Å². The molecule has 4 nitrogen and oxygen atoms in total. The molecular formula is C22H29N3OS. The third-order valence-corrected chi connectivity index (χ3v) is 6.59. The van der Waals surface area contributed by atoms with Gasteiger partial charge in [0.15, 0.2) is 5.96 Å². The summed E-state index contributed by atoms with van der Waals surface area (Å²) in [4.78, 5) is 7.66. The van der Waals surface area contributed by atoms with Gasteiger partial charge in [-0.05, 0) is 36.0 Å². The summed E-state index contributed by atoms with van der Waals surface area (Å²) in [5.74, 6) is 2.67. The number of nitrogens with one attached hydrogen (secondary N) is 1. The van der Waals surface area contributed by atoms with Crippen molar-refractivity contribution in [2.45, 2.75) is 24.2 Å². The molecule has 2 aromatic carbocycles. The standard InChI is InChI=1S/C22H29N3OS/c1-18-17-25(15-13-21(18)19-9-5-3-6-10-19)22(23-2)24-14-16-27(26)20-11-7-4-8-12-20/h3-12,18,21H,13-17H2,1-2H3,(H,23,24). The maximum absolute atomic E-state index is 12.4. The lowest BCUT2D eigenvalue weighted by atomic mass is 9.82. The van der Waals surface area contributed by atoms with Crippen LogP contribution in [0.4, 0.5) is 0 Å². The zero-order chi connectivity index (χ0) is 19.1. The summed E-state index contributed by atoms with van der Waals surface area (Å²) in [5, 5.41) is 3.40. The molecule has 1 saturated heterocycles. The lowest BCUT2D eigenvalue weighted by Gasteiger charge is -2.38. The SMILES string of the molecule is CN=C(NCCS(=O)c1ccccc1)N1CCC(c2ccccc2)C(C)C1. The second-order valence-electron chi connectivity index (χ2n) is 7.07. The van der Waals surface area contributed by atoms with Crippen molar-refractivity contribution < 1.29 is 4.21 Å². The highest BCUT2D eigenvalue weighted by Gasteiger charge is 2.28. The molecule has 0 radical (unpaired) electrons. The van der Waals surface area contributed by atoms with E-state index in [1.165, 1.54) is 5.56 Å². The van der Waals surface area contributed by atoms with E-state index in [9.17, 15) is 4.21 Å². The van der Waals surface area contributed by atoms with Crippen molar-refractivity contribution in [2.75, 3.05) is 32.4 Å². The Labute approximate surface area is 165 Å². The van der Waals surface area contributed by atoms with Crippen molar-refractivity contribution >= 4 is 16.8 Å². The van der Waals surface area contributed by atoms with Gasteiger partial charge in [0.05, 0.1) is 10.8 Å². The molecule has 1 aliphatic rings. The second-order valence-corrected chi connectivity index (χ2v) is 8.64. The van der Waals surface area contributed by atoms with Crippen molar-refractivity contribution in [2.24, 2.45) is 10.9 Å². The monoisotopic (exact) mass is 383 g/mol. The van der Waals surface area contributed by atoms with Crippen LogP contribution < -0.4 is 5.32 Å². The third kappa shape index (κ3) is 5.19. The van der Waals surface area contributed by atoms with Gasteiger partial charge in [-0.25, -0.2) is 0 Å². The van der Waals surface area contributed by atoms with Crippen molar-refractivity contribution in [1.82, 2.24) is 10.2 Å². The molecule has 27 heavy (non-hydrogen) atoms. The van der Waals surface area contributed by atoms with Gasteiger partial charge in [0.25, 0.3) is 0 Å². The molecule has 144 valence electrons. The molecule has 3 atom stereocenters. The van der Waals surface area contributed by atoms with E-state index in [0.29, 0.717) is 24.1 Å². The molecule has 0 aromatic heterocycles. The van der Waals surface area contributed by atoms with E-state index in [2.05, 4.69) is 52.5 Å². The maximum atomic E-state index is 12.4. The van der Waals surface area contributed by atoms with Crippen molar-refractivity contribution in [1.29, 1.82) is 0 Å². The first kappa shape index (κ1) is 19.6. The minimum atomic E-state index is -0.980. The number of hydrogen-bond donors (Lipinski definition) is 1. The first-order chi connectivity index (χ1) is 13.2. The number of nitrogens with zero attached hydrogens (tertiary/aromatic N) is 2. The quantitative estimate of drug-likeness (QED) is 0.635. The fraction of sp³-hybridized carbons (Fsp3) is 0.409. The summed E-state index contributed by atoms with van der Waals surface area (Å²) in [7, 11) is 0.843. The van der Waals surface area contributed by atoms with Gasteiger partial charge in [0.1, 0.15) is 0 Å². The van der Waals surface area contributed by atoms with Gasteiger partial charge in [-0.1, -0.05) is 55.5 Å². The lowest BCUT2D eigenvalue weighted by Crippen LogP contribution is -2.48. The molecule has 1 aliphatic heterocycles. The summed E-state index contributed by atoms with van der Waals surface area (Å²) in [5.41, 5.74) is 1.44. The van der Waals surface area contributed by atoms with E-state index >= 15 is 0 Å². The summed E-state index contributed by atoms with van der Waals surface area (Å²) in [6.07, 6.45) is 1.13. The number of piperidine rings is 1. The fourth-order valence-corrected chi connectivity index (χ4v) is 4.80. The number of likely N-dealkylation sites (tertiary alicyclic amines) is 1. The Hall–Kier alpha value is -2.14. The van der Waals surface area contributed by atoms with Gasteiger partial charge >= 0.3 is 0 Å². The molecule has 0 amide bonds. The van der Waals surface area contributed by atoms with Crippen LogP contribution in [-0.4, -0.2) is 47.5 Å². The van der Waals surface area contributed by atoms with E-state index in [4.69, 9.17) is 0 Å². The Kier molecular flexibility index (Phi) is 7.04. The van der Waals surface area contributed by atoms with Crippen molar-refractivity contribution in [3.63, 3.8) is 0 Å². The summed E-state index contributed by atoms with van der Waals surface area (Å²) in [6.45, 7) is 4.95. The molecule has 3 unspecified atom stereocenters. The summed E-state index contributed by atoms with van der Waals surface area (Å²) < 4.78 is 12.4. The van der Waals surface area contributed by atoms with Crippen LogP contribution in [0.1, 0.15) is 24.8 Å². The number of guanidine groups is 1. The van der Waals surface area contributed by atoms with E-state index in [0.717, 1.165) is 30.4 Å². The van der Waals surface area contributed by atoms with E-state index in [1.807, 2.05) is 37.4 Å². The third-order valence-electron chi connectivity index (χ3n) is 5.22. The summed E-state index contributed by atoms with van der Waals surface area (Å²) in [6, 6.07) is 20.4. The van der Waals surface area contributed by atoms with Crippen LogP contribution in [0, 0.1) is 5.92 Å². The molecule has 3 rings (SSSR count). The Balaban J connectivity index is 1.51. The van der Waals surface area contributed by atoms with Crippen LogP contribution in [0.2, 0.25) is 0 Å². The molecular weight excluding hydrogens is 354 g/mol. The van der Waals surface area contributed by atoms with E-state index < -0.39 is 10.8 Å². The fourth-order valence-electron chi connectivity index (χ4n) is 3.81. The van der Waals surface area contributed by atoms with Crippen LogP contribution in [0.3, 0.4) is 0 Å². The lowest BCUT2D eigenvalue weighted by molar-refractivity contribution is 0.235. The number of hydrogen-bond acceptors (Lipinski definition) is 2. The molecule has 1 fully saturated rings. The van der Waals surface area contributed by atoms with Gasteiger partial charge in [0, 0.05) is 37.3 Å². The van der Waals surface area contributed by atoms with Gasteiger partial charge in [0.2, 0.25) is 0 Å². The van der Waals surface area contributed by atoms with Gasteiger partial charge in [-0.3, -0.25) is 9.20 Å². The first-order valence-electron chi connectivity index (χ1n) is 9.63. The number of benzene rings is 2. The maximum Gasteiger partial charge on any atom is 0.193 e. The molecule has 0 saturated carbocycles. The number of rotatable bonds is 5. The van der Waals surface area contributed by atoms with Crippen molar-refractivity contribution in [3.8, 4) is 0 Å². The van der Waals surface area contributed by atoms with Crippen LogP contribution in [0.25, 0.3) is 0 Å². The average Bonchev–Trinajstić information content (AvgIpc) is 2.72. The molecule has 0 aliphatic carbocycles. The zero-order valence-corrected chi connectivity index (χ0v) is 17.0. The molecule has 2 aromatic rings. The van der Waals surface area contributed by atoms with Gasteiger partial charge < -0.3 is 10.2 Å². The van der Waals surface area contributed by atoms with Crippen LogP contribution in [0.5, 0.6) is 0 Å². The van der Waals surface area contributed by atoms with Crippen LogP contribution in [-0.2, 0) is 10.8 Å². The first-order valence-corrected chi connectivity index (χ1v) is 10.9. The van der Waals surface area contributed by atoms with Crippen LogP contribution in [0.15, 0.2) is 70.6 Å². The normalized spacial score (nSPS) is 21.7. The molecule has 0 bridgehead atoms. The highest BCUT2D eigenvalue weighted by Crippen LogP contribution is 2.32. The number of aliphatic imine (C=N–C) groups is 1. The average molecular weight is 384 g/mol. The molecule has 1 heterocycles. The minimum Gasteiger partial charge on any atom is -0.355 e. The Bertz CT molecular complexity index is 764. The predicted octanol–water partition coefficient (Wildman–Crippen LogP) is 3.50. The minimum absolute atomic E-state index is 0.568. The topological polar surface area (TPSA) is 44.7 Å². The van der Waals surface area contributed by atoms with Crippen molar-refractivity contribution in [3.05, 3.63) is 66.2 Å². The zero-order valence-electron chi connectivity index (χ0n) is 16.2. The summed E-state index contributed by atoms with van der Waals surface area (Å²) >= 11 is 0. The largest absolute Gasteiger partial charge is 0.355 e. The molecule has 0 spiro atoms. The molecule has 1 N–H and O–H groups in total. The Morgan fingerprint density at radius 1 is 1.15 bits per heavy atom. The Morgan fingerprint density at radius 3 is 2.44 bits per heavy atom. The Morgan fingerprint density at radius 2 is 1.81 bits per heavy atom. The highest BCUT2D eigenvalue weighted by atomic mass is 32.2. The van der Waals surface area contributed by atoms with Crippen LogP contribution >= 0.6 is 0 Å². The second kappa shape index (κ2) is 9.70. The predicted molar refractivity (Wildman–Crippen MR) is 114 cm³/mol. The smallest absolute Gasteiger partial charge is 0.193 e. The van der Waals surface area contributed by atoms with E-state index in [-0.39, 0.29) is 0 Å². The van der Waals surface area contributed by atoms with Gasteiger partial charge in [-0.15, -0.1) is 0 Å².